The monoisotopic (exact) mass is 369 g/mol. The summed E-state index contributed by atoms with van der Waals surface area (Å²) in [6.45, 7) is -2.30. The molecule has 0 N–H and O–H groups in total. The van der Waals surface area contributed by atoms with Crippen LogP contribution in [0.2, 0.25) is 0 Å². The average molecular weight is 369 g/mol. The van der Waals surface area contributed by atoms with E-state index in [1.165, 1.54) is 0 Å². The molecule has 0 atom stereocenters. The van der Waals surface area contributed by atoms with Gasteiger partial charge in [-0.25, -0.2) is 9.55 Å². The smallest absolute Gasteiger partial charge is 0.396 e. The van der Waals surface area contributed by atoms with E-state index in [1.807, 2.05) is 73.4 Å². The number of rotatable bonds is 2. The van der Waals surface area contributed by atoms with Gasteiger partial charge in [0.15, 0.2) is 17.2 Å². The van der Waals surface area contributed by atoms with E-state index in [0.29, 0.717) is 11.3 Å². The van der Waals surface area contributed by atoms with Crippen LogP contribution in [0.3, 0.4) is 0 Å². The van der Waals surface area contributed by atoms with Crippen molar-refractivity contribution in [3.63, 3.8) is 0 Å². The predicted octanol–water partition coefficient (Wildman–Crippen LogP) is 1.53. The summed E-state index contributed by atoms with van der Waals surface area (Å²) in [5.41, 5.74) is 4.32. The molecule has 3 aromatic heterocycles. The molecule has 4 aromatic rings. The van der Waals surface area contributed by atoms with Gasteiger partial charge in [0.05, 0.1) is 0 Å². The van der Waals surface area contributed by atoms with Gasteiger partial charge in [0.2, 0.25) is 5.71 Å². The fraction of sp³-hybridized carbons (Fsp3) is 0.130. The molecule has 4 nitrogen and oxygen atoms in total. The molecule has 0 fully saturated rings. The van der Waals surface area contributed by atoms with E-state index in [0.717, 1.165) is 32.7 Å². The van der Waals surface area contributed by atoms with Crippen molar-refractivity contribution in [1.29, 1.82) is 0 Å². The summed E-state index contributed by atoms with van der Waals surface area (Å²) in [7, 11) is 3.89. The van der Waals surface area contributed by atoms with Gasteiger partial charge in [0, 0.05) is 38.7 Å². The molecule has 0 saturated heterocycles. The summed E-state index contributed by atoms with van der Waals surface area (Å²) in [6, 6.07) is 15.6. The summed E-state index contributed by atoms with van der Waals surface area (Å²) in [5, 5.41) is 1.98. The van der Waals surface area contributed by atoms with E-state index in [9.17, 15) is 0 Å². The highest BCUT2D eigenvalue weighted by Gasteiger charge is 2.31. The minimum atomic E-state index is -2.21. The first-order chi connectivity index (χ1) is 14.8. The summed E-state index contributed by atoms with van der Waals surface area (Å²) < 4.78 is 32.0. The zero-order chi connectivity index (χ0) is 21.8. The lowest BCUT2D eigenvalue weighted by atomic mass is 9.55. The highest BCUT2D eigenvalue weighted by molar-refractivity contribution is 6.82. The first-order valence-corrected chi connectivity index (χ1v) is 9.21. The van der Waals surface area contributed by atoms with E-state index in [4.69, 9.17) is 8.53 Å². The summed E-state index contributed by atoms with van der Waals surface area (Å²) in [5.74, 6) is 2.15. The summed E-state index contributed by atoms with van der Waals surface area (Å²) in [6.07, 6.45) is 5.43. The van der Waals surface area contributed by atoms with Crippen LogP contribution in [0.25, 0.3) is 34.4 Å². The van der Waals surface area contributed by atoms with Crippen molar-refractivity contribution in [3.8, 4) is 11.1 Å². The number of aromatic nitrogens is 2. The maximum Gasteiger partial charge on any atom is 0.396 e. The third-order valence-electron chi connectivity index (χ3n) is 5.32. The van der Waals surface area contributed by atoms with Gasteiger partial charge in [-0.3, -0.25) is 0 Å². The number of benzene rings is 1. The predicted molar refractivity (Wildman–Crippen MR) is 113 cm³/mol. The Morgan fingerprint density at radius 3 is 2.86 bits per heavy atom. The second-order valence-electron chi connectivity index (χ2n) is 7.14. The van der Waals surface area contributed by atoms with E-state index in [-0.39, 0.29) is 6.85 Å². The van der Waals surface area contributed by atoms with Crippen molar-refractivity contribution in [2.24, 2.45) is 7.05 Å². The molecule has 28 heavy (non-hydrogen) atoms. The van der Waals surface area contributed by atoms with Gasteiger partial charge >= 0.3 is 6.85 Å². The van der Waals surface area contributed by atoms with Crippen molar-refractivity contribution >= 4 is 35.7 Å². The number of hydrogen-bond donors (Lipinski definition) is 0. The van der Waals surface area contributed by atoms with Crippen LogP contribution in [0.15, 0.2) is 65.3 Å². The molecule has 4 heterocycles. The Morgan fingerprint density at radius 1 is 1.18 bits per heavy atom. The van der Waals surface area contributed by atoms with Crippen LogP contribution in [0.5, 0.6) is 0 Å². The third-order valence-corrected chi connectivity index (χ3v) is 5.32. The Hall–Kier alpha value is -3.34. The second-order valence-corrected chi connectivity index (χ2v) is 7.14. The standard InChI is InChI=1S/C23H21BN3O/c1-16-14-26(2)22(12-19(16)17-8-5-4-6-9-17)24-13-20-18-10-7-11-25-23(18)28-21(20)15-27(24)3/h4-15H,1-3H3/q+1/i1D3. The molecule has 0 aliphatic carbocycles. The van der Waals surface area contributed by atoms with Gasteiger partial charge in [-0.15, -0.1) is 0 Å². The third kappa shape index (κ3) is 2.62. The molecule has 0 unspecified atom stereocenters. The first kappa shape index (κ1) is 13.8. The summed E-state index contributed by atoms with van der Waals surface area (Å²) in [4.78, 5) is 6.40. The van der Waals surface area contributed by atoms with Crippen molar-refractivity contribution < 1.29 is 13.1 Å². The zero-order valence-electron chi connectivity index (χ0n) is 18.8. The number of furan rings is 1. The van der Waals surface area contributed by atoms with Crippen LogP contribution in [0.1, 0.15) is 9.68 Å². The van der Waals surface area contributed by atoms with Crippen molar-refractivity contribution in [1.82, 2.24) is 9.79 Å². The number of pyridine rings is 2. The van der Waals surface area contributed by atoms with Gasteiger partial charge < -0.3 is 9.23 Å². The lowest BCUT2D eigenvalue weighted by Crippen LogP contribution is -2.61. The molecule has 0 saturated carbocycles. The van der Waals surface area contributed by atoms with Crippen LogP contribution in [0, 0.1) is 6.85 Å². The van der Waals surface area contributed by atoms with E-state index >= 15 is 0 Å². The molecule has 1 aliphatic heterocycles. The van der Waals surface area contributed by atoms with Crippen LogP contribution in [-0.4, -0.2) is 23.7 Å². The largest absolute Gasteiger partial charge is 0.436 e. The Bertz CT molecular complexity index is 1410. The molecule has 1 aromatic carbocycles. The normalized spacial score (nSPS) is 15.3. The number of aryl methyl sites for hydroxylation is 2. The van der Waals surface area contributed by atoms with Gasteiger partial charge in [0.1, 0.15) is 7.05 Å². The lowest BCUT2D eigenvalue weighted by molar-refractivity contribution is -0.654. The molecule has 5 rings (SSSR count). The van der Waals surface area contributed by atoms with E-state index < -0.39 is 6.85 Å². The molecular weight excluding hydrogens is 345 g/mol. The minimum absolute atomic E-state index is 0.0911. The molecule has 0 bridgehead atoms. The fourth-order valence-corrected chi connectivity index (χ4v) is 3.89. The van der Waals surface area contributed by atoms with E-state index in [2.05, 4.69) is 15.8 Å². The van der Waals surface area contributed by atoms with Crippen LogP contribution in [0.4, 0.5) is 0 Å². The van der Waals surface area contributed by atoms with Crippen molar-refractivity contribution in [3.05, 3.63) is 77.1 Å². The van der Waals surface area contributed by atoms with Gasteiger partial charge in [0.25, 0.3) is 0 Å². The Labute approximate surface area is 168 Å². The molecule has 0 amide bonds. The highest BCUT2D eigenvalue weighted by atomic mass is 16.3. The first-order valence-electron chi connectivity index (χ1n) is 10.7. The number of nitrogens with zero attached hydrogens (tertiary/aromatic N) is 3. The molecule has 5 heteroatoms. The average Bonchev–Trinajstić information content (AvgIpc) is 3.10. The summed E-state index contributed by atoms with van der Waals surface area (Å²) >= 11 is 0. The van der Waals surface area contributed by atoms with Gasteiger partial charge in [-0.2, -0.15) is 0 Å². The van der Waals surface area contributed by atoms with Crippen molar-refractivity contribution in [2.45, 2.75) is 6.85 Å². The number of hydrogen-bond acceptors (Lipinski definition) is 3. The lowest BCUT2D eigenvalue weighted by Gasteiger charge is -2.21. The Balaban J connectivity index is 1.74. The molecule has 0 spiro atoms. The van der Waals surface area contributed by atoms with Crippen LogP contribution < -0.4 is 20.8 Å². The quantitative estimate of drug-likeness (QED) is 0.397. The topological polar surface area (TPSA) is 33.1 Å². The van der Waals surface area contributed by atoms with E-state index in [1.54, 1.807) is 12.4 Å². The fourth-order valence-electron chi connectivity index (χ4n) is 3.89. The molecular formula is C23H21BN3O+. The molecule has 136 valence electrons. The zero-order valence-corrected chi connectivity index (χ0v) is 15.8. The highest BCUT2D eigenvalue weighted by Crippen LogP contribution is 2.21. The maximum atomic E-state index is 8.06. The van der Waals surface area contributed by atoms with Gasteiger partial charge in [-0.1, -0.05) is 36.3 Å². The molecule has 0 radical (unpaired) electrons. The number of fused-ring (bicyclic) bond motifs is 3. The second kappa shape index (κ2) is 6.38. The Morgan fingerprint density at radius 2 is 2.04 bits per heavy atom. The van der Waals surface area contributed by atoms with Gasteiger partial charge in [-0.05, 0) is 37.2 Å². The SMILES string of the molecule is [2H]C([2H])([2H])c1c[n+](C)c(B2C=c3c(oc4ncccc34)=CN2C)cc1-c1ccccc1. The van der Waals surface area contributed by atoms with Crippen molar-refractivity contribution in [2.75, 3.05) is 7.05 Å². The van der Waals surface area contributed by atoms with Crippen LogP contribution >= 0.6 is 0 Å². The maximum absolute atomic E-state index is 8.06. The Kier molecular flexibility index (Phi) is 3.14. The molecule has 1 aliphatic rings. The van der Waals surface area contributed by atoms with Crippen LogP contribution in [-0.2, 0) is 7.05 Å². The minimum Gasteiger partial charge on any atom is -0.436 e.